The fourth-order valence-electron chi connectivity index (χ4n) is 8.47. The molecule has 9 aromatic rings. The Bertz CT molecular complexity index is 3290. The summed E-state index contributed by atoms with van der Waals surface area (Å²) in [6.07, 6.45) is 10.1. The highest BCUT2D eigenvalue weighted by atomic mass is 16.2. The summed E-state index contributed by atoms with van der Waals surface area (Å²) in [4.78, 5) is 57.5. The quantitative estimate of drug-likeness (QED) is 0.0776. The average Bonchev–Trinajstić information content (AvgIpc) is 3.69. The van der Waals surface area contributed by atoms with E-state index in [-0.39, 0.29) is 17.7 Å². The number of carbonyl (C=O) groups excluding carboxylic acids is 3. The third-order valence-electron chi connectivity index (χ3n) is 12.2. The van der Waals surface area contributed by atoms with E-state index in [1.165, 1.54) is 0 Å². The van der Waals surface area contributed by atoms with E-state index in [1.54, 1.807) is 4.68 Å². The van der Waals surface area contributed by atoms with Crippen LogP contribution in [0.15, 0.2) is 122 Å². The van der Waals surface area contributed by atoms with Gasteiger partial charge in [-0.25, -0.2) is 19.9 Å². The highest BCUT2D eigenvalue weighted by molar-refractivity contribution is 5.96. The van der Waals surface area contributed by atoms with Crippen molar-refractivity contribution in [3.05, 3.63) is 133 Å². The van der Waals surface area contributed by atoms with Gasteiger partial charge in [0.05, 0.1) is 45.8 Å². The van der Waals surface area contributed by atoms with E-state index >= 15 is 0 Å². The molecule has 68 heavy (non-hydrogen) atoms. The SMILES string of the molecule is CC(C)CNc1nc2ccccc2n2c(-c3ccc(C(=O)NCCCN4CCCC4=O)cc3)cnc12.Cn1ccc(Nc2nc3ccccc3n3c(-c4ccc(C(=O)NC5CC5)cc4)cnc23)n1. The summed E-state index contributed by atoms with van der Waals surface area (Å²) >= 11 is 0. The minimum absolute atomic E-state index is 0.0197. The number of aryl methyl sites for hydroxylation is 1. The van der Waals surface area contributed by atoms with E-state index in [9.17, 15) is 14.4 Å². The Morgan fingerprint density at radius 1 is 0.735 bits per heavy atom. The number of aromatic nitrogens is 8. The summed E-state index contributed by atoms with van der Waals surface area (Å²) in [6, 6.07) is 33.5. The van der Waals surface area contributed by atoms with E-state index in [2.05, 4.69) is 54.0 Å². The van der Waals surface area contributed by atoms with Crippen LogP contribution in [0.5, 0.6) is 0 Å². The fourth-order valence-corrected chi connectivity index (χ4v) is 8.47. The number of hydrogen-bond acceptors (Lipinski definition) is 10. The van der Waals surface area contributed by atoms with Gasteiger partial charge in [0.15, 0.2) is 28.7 Å². The van der Waals surface area contributed by atoms with Gasteiger partial charge in [0, 0.05) is 80.2 Å². The normalized spacial score (nSPS) is 13.6. The minimum Gasteiger partial charge on any atom is -0.367 e. The number of hydrogen-bond donors (Lipinski definition) is 4. The summed E-state index contributed by atoms with van der Waals surface area (Å²) in [5, 5.41) is 17.1. The number of imidazole rings is 2. The summed E-state index contributed by atoms with van der Waals surface area (Å²) in [6.45, 7) is 7.20. The smallest absolute Gasteiger partial charge is 0.251 e. The number of nitrogens with zero attached hydrogens (tertiary/aromatic N) is 9. The Kier molecular flexibility index (Phi) is 12.2. The molecule has 2 aliphatic rings. The molecule has 4 N–H and O–H groups in total. The lowest BCUT2D eigenvalue weighted by molar-refractivity contribution is -0.127. The second-order valence-corrected chi connectivity index (χ2v) is 17.8. The van der Waals surface area contributed by atoms with E-state index in [4.69, 9.17) is 15.0 Å². The lowest BCUT2D eigenvalue weighted by Gasteiger charge is -2.15. The first-order valence-electron chi connectivity index (χ1n) is 23.3. The van der Waals surface area contributed by atoms with E-state index in [1.807, 2.05) is 134 Å². The zero-order valence-electron chi connectivity index (χ0n) is 38.3. The van der Waals surface area contributed by atoms with Crippen molar-refractivity contribution in [1.29, 1.82) is 0 Å². The number of nitrogens with one attached hydrogen (secondary N) is 4. The maximum atomic E-state index is 12.6. The predicted molar refractivity (Wildman–Crippen MR) is 265 cm³/mol. The molecule has 3 amide bonds. The van der Waals surface area contributed by atoms with Crippen LogP contribution in [-0.2, 0) is 11.8 Å². The summed E-state index contributed by atoms with van der Waals surface area (Å²) in [7, 11) is 1.87. The van der Waals surface area contributed by atoms with Crippen molar-refractivity contribution < 1.29 is 14.4 Å². The Morgan fingerprint density at radius 2 is 1.32 bits per heavy atom. The fraction of sp³-hybridized carbons (Fsp3) is 0.269. The van der Waals surface area contributed by atoms with E-state index < -0.39 is 0 Å². The van der Waals surface area contributed by atoms with Gasteiger partial charge >= 0.3 is 0 Å². The third-order valence-corrected chi connectivity index (χ3v) is 12.2. The van der Waals surface area contributed by atoms with Crippen molar-refractivity contribution in [3.8, 4) is 22.5 Å². The second-order valence-electron chi connectivity index (χ2n) is 17.8. The molecular weight excluding hydrogens is 855 g/mol. The van der Waals surface area contributed by atoms with Gasteiger partial charge < -0.3 is 26.2 Å². The van der Waals surface area contributed by atoms with Crippen molar-refractivity contribution in [1.82, 2.24) is 54.1 Å². The maximum absolute atomic E-state index is 12.6. The van der Waals surface area contributed by atoms with Gasteiger partial charge in [0.2, 0.25) is 5.91 Å². The van der Waals surface area contributed by atoms with Crippen LogP contribution >= 0.6 is 0 Å². The summed E-state index contributed by atoms with van der Waals surface area (Å²) in [5.41, 5.74) is 10.2. The molecule has 11 rings (SSSR count). The number of carbonyl (C=O) groups is 3. The van der Waals surface area contributed by atoms with Crippen LogP contribution in [0.3, 0.4) is 0 Å². The third kappa shape index (κ3) is 9.30. The Labute approximate surface area is 392 Å². The number of rotatable bonds is 14. The number of anilines is 3. The van der Waals surface area contributed by atoms with Crippen LogP contribution in [-0.4, -0.2) is 93.4 Å². The van der Waals surface area contributed by atoms with Crippen molar-refractivity contribution in [2.24, 2.45) is 13.0 Å². The molecule has 0 spiro atoms. The van der Waals surface area contributed by atoms with Gasteiger partial charge in [-0.15, -0.1) is 0 Å². The first-order chi connectivity index (χ1) is 33.2. The Hall–Kier alpha value is -8.14. The molecule has 4 aromatic carbocycles. The lowest BCUT2D eigenvalue weighted by atomic mass is 10.1. The predicted octanol–water partition coefficient (Wildman–Crippen LogP) is 8.28. The van der Waals surface area contributed by atoms with E-state index in [0.717, 1.165) is 94.8 Å². The van der Waals surface area contributed by atoms with Gasteiger partial charge in [-0.3, -0.25) is 27.9 Å². The molecule has 344 valence electrons. The van der Waals surface area contributed by atoms with Crippen molar-refractivity contribution in [2.45, 2.75) is 52.0 Å². The van der Waals surface area contributed by atoms with Gasteiger partial charge in [-0.05, 0) is 80.1 Å². The summed E-state index contributed by atoms with van der Waals surface area (Å²) in [5.74, 6) is 2.67. The molecule has 0 atom stereocenters. The first-order valence-corrected chi connectivity index (χ1v) is 23.3. The molecule has 0 bridgehead atoms. The van der Waals surface area contributed by atoms with Crippen LogP contribution < -0.4 is 21.3 Å². The zero-order chi connectivity index (χ0) is 46.7. The number of fused-ring (bicyclic) bond motifs is 6. The number of amides is 3. The Morgan fingerprint density at radius 3 is 1.88 bits per heavy atom. The molecule has 0 radical (unpaired) electrons. The first kappa shape index (κ1) is 43.7. The van der Waals surface area contributed by atoms with Crippen LogP contribution in [0.25, 0.3) is 55.9 Å². The lowest BCUT2D eigenvalue weighted by Crippen LogP contribution is -2.30. The van der Waals surface area contributed by atoms with Crippen LogP contribution in [0.1, 0.15) is 66.7 Å². The standard InChI is InChI=1S/C28H32N6O2.C24H21N7O/c1-19(2)17-30-26-27-31-18-24(34(27)23-8-4-3-7-22(23)32-26)20-10-12-21(13-11-20)28(36)29-14-6-16-33-15-5-9-25(33)35;1-30-13-12-21(29-30)28-22-23-25-14-20(31(23)19-5-3-2-4-18(19)27-22)15-6-8-16(9-7-15)24(32)26-17-10-11-17/h3-4,7-8,10-13,18-19H,5-6,9,14-17H2,1-2H3,(H,29,36)(H,30,32);2-9,12-14,17H,10-11H2,1H3,(H,26,32)(H,27,28,29). The van der Waals surface area contributed by atoms with Gasteiger partial charge in [0.25, 0.3) is 11.8 Å². The topological polar surface area (TPSA) is 181 Å². The largest absolute Gasteiger partial charge is 0.367 e. The van der Waals surface area contributed by atoms with Crippen molar-refractivity contribution >= 4 is 68.5 Å². The van der Waals surface area contributed by atoms with Crippen LogP contribution in [0.2, 0.25) is 0 Å². The molecule has 6 heterocycles. The van der Waals surface area contributed by atoms with Crippen molar-refractivity contribution in [2.75, 3.05) is 36.8 Å². The number of para-hydroxylation sites is 4. The van der Waals surface area contributed by atoms with Gasteiger partial charge in [-0.2, -0.15) is 5.10 Å². The molecule has 16 nitrogen and oxygen atoms in total. The molecule has 0 unspecified atom stereocenters. The average molecular weight is 908 g/mol. The minimum atomic E-state index is -0.109. The maximum Gasteiger partial charge on any atom is 0.251 e. The molecule has 5 aromatic heterocycles. The Balaban J connectivity index is 0.000000159. The van der Waals surface area contributed by atoms with E-state index in [0.29, 0.717) is 59.9 Å². The number of benzene rings is 4. The molecule has 1 aliphatic heterocycles. The number of likely N-dealkylation sites (tertiary alicyclic amines) is 1. The molecule has 1 aliphatic carbocycles. The highest BCUT2D eigenvalue weighted by Gasteiger charge is 2.24. The second kappa shape index (κ2) is 19.0. The molecule has 1 saturated carbocycles. The highest BCUT2D eigenvalue weighted by Crippen LogP contribution is 2.31. The molecule has 16 heteroatoms. The molecule has 2 fully saturated rings. The molecular formula is C52H53N13O3. The van der Waals surface area contributed by atoms with Crippen LogP contribution in [0, 0.1) is 5.92 Å². The summed E-state index contributed by atoms with van der Waals surface area (Å²) < 4.78 is 5.95. The van der Waals surface area contributed by atoms with Crippen LogP contribution in [0.4, 0.5) is 17.5 Å². The van der Waals surface area contributed by atoms with Gasteiger partial charge in [0.1, 0.15) is 0 Å². The zero-order valence-corrected chi connectivity index (χ0v) is 38.3. The monoisotopic (exact) mass is 907 g/mol. The van der Waals surface area contributed by atoms with Gasteiger partial charge in [-0.1, -0.05) is 62.4 Å². The van der Waals surface area contributed by atoms with Crippen molar-refractivity contribution in [3.63, 3.8) is 0 Å². The molecule has 1 saturated heterocycles.